The average Bonchev–Trinajstić information content (AvgIpc) is 2.51. The second-order valence-electron chi connectivity index (χ2n) is 3.15. The zero-order valence-corrected chi connectivity index (χ0v) is 10.0. The average molecular weight is 299 g/mol. The third-order valence-corrected chi connectivity index (χ3v) is 2.41. The molecule has 5 nitrogen and oxygen atoms in total. The molecule has 0 saturated heterocycles. The number of benzene rings is 1. The minimum Gasteiger partial charge on any atom is -0.417 e. The summed E-state index contributed by atoms with van der Waals surface area (Å²) in [6, 6.07) is 6.72. The van der Waals surface area contributed by atoms with Crippen molar-refractivity contribution in [2.45, 2.75) is 6.29 Å². The molecule has 0 radical (unpaired) electrons. The SMILES string of the molecule is O=C1C=CC(=O)OC(c2ccccc2OBr)O1. The van der Waals surface area contributed by atoms with Crippen molar-refractivity contribution in [2.24, 2.45) is 0 Å². The molecule has 0 spiro atoms. The number of carbonyl (C=O) groups excluding carboxylic acids is 2. The monoisotopic (exact) mass is 298 g/mol. The van der Waals surface area contributed by atoms with Gasteiger partial charge in [-0.1, -0.05) is 12.1 Å². The van der Waals surface area contributed by atoms with Crippen LogP contribution in [0.25, 0.3) is 0 Å². The largest absolute Gasteiger partial charge is 0.417 e. The van der Waals surface area contributed by atoms with Gasteiger partial charge in [-0.15, -0.1) is 0 Å². The van der Waals surface area contributed by atoms with Gasteiger partial charge in [0.1, 0.15) is 5.75 Å². The Morgan fingerprint density at radius 3 is 2.24 bits per heavy atom. The van der Waals surface area contributed by atoms with Gasteiger partial charge in [0.2, 0.25) is 0 Å². The second kappa shape index (κ2) is 5.01. The van der Waals surface area contributed by atoms with Gasteiger partial charge in [0.25, 0.3) is 6.29 Å². The van der Waals surface area contributed by atoms with Crippen LogP contribution in [0.1, 0.15) is 11.9 Å². The summed E-state index contributed by atoms with van der Waals surface area (Å²) in [4.78, 5) is 22.4. The van der Waals surface area contributed by atoms with E-state index < -0.39 is 18.2 Å². The highest BCUT2D eigenvalue weighted by atomic mass is 79.9. The fraction of sp³-hybridized carbons (Fsp3) is 0.0909. The molecule has 0 N–H and O–H groups in total. The molecule has 2 rings (SSSR count). The lowest BCUT2D eigenvalue weighted by Crippen LogP contribution is -2.13. The predicted molar refractivity (Wildman–Crippen MR) is 60.1 cm³/mol. The molecule has 0 atom stereocenters. The Balaban J connectivity index is 2.32. The van der Waals surface area contributed by atoms with Gasteiger partial charge in [-0.3, -0.25) is 0 Å². The van der Waals surface area contributed by atoms with Crippen molar-refractivity contribution in [2.75, 3.05) is 0 Å². The quantitative estimate of drug-likeness (QED) is 0.782. The van der Waals surface area contributed by atoms with Crippen molar-refractivity contribution in [1.82, 2.24) is 0 Å². The van der Waals surface area contributed by atoms with Gasteiger partial charge in [-0.25, -0.2) is 9.59 Å². The molecule has 6 heteroatoms. The number of rotatable bonds is 2. The van der Waals surface area contributed by atoms with Crippen molar-refractivity contribution in [1.29, 1.82) is 0 Å². The van der Waals surface area contributed by atoms with Gasteiger partial charge >= 0.3 is 11.9 Å². The number of hydrogen-bond acceptors (Lipinski definition) is 5. The van der Waals surface area contributed by atoms with E-state index in [0.29, 0.717) is 11.3 Å². The number of cyclic esters (lactones) is 2. The first-order valence-electron chi connectivity index (χ1n) is 4.67. The number of para-hydroxylation sites is 1. The number of esters is 2. The Morgan fingerprint density at radius 1 is 1.06 bits per heavy atom. The van der Waals surface area contributed by atoms with Crippen LogP contribution in [0.15, 0.2) is 36.4 Å². The van der Waals surface area contributed by atoms with E-state index in [-0.39, 0.29) is 0 Å². The minimum absolute atomic E-state index is 0.403. The molecular weight excluding hydrogens is 292 g/mol. The minimum atomic E-state index is -1.11. The lowest BCUT2D eigenvalue weighted by atomic mass is 10.2. The Morgan fingerprint density at radius 2 is 1.65 bits per heavy atom. The smallest absolute Gasteiger partial charge is 0.334 e. The van der Waals surface area contributed by atoms with Crippen LogP contribution in [0.3, 0.4) is 0 Å². The first kappa shape index (κ1) is 11.7. The van der Waals surface area contributed by atoms with Crippen molar-refractivity contribution in [3.8, 4) is 5.75 Å². The molecule has 1 aliphatic heterocycles. The highest BCUT2D eigenvalue weighted by Crippen LogP contribution is 2.30. The van der Waals surface area contributed by atoms with E-state index in [0.717, 1.165) is 12.2 Å². The Hall–Kier alpha value is -1.82. The van der Waals surface area contributed by atoms with Crippen LogP contribution in [0.2, 0.25) is 0 Å². The predicted octanol–water partition coefficient (Wildman–Crippen LogP) is 2.03. The highest BCUT2D eigenvalue weighted by molar-refractivity contribution is 9.06. The van der Waals surface area contributed by atoms with Crippen molar-refractivity contribution >= 4 is 28.2 Å². The van der Waals surface area contributed by atoms with Crippen molar-refractivity contribution in [3.05, 3.63) is 42.0 Å². The van der Waals surface area contributed by atoms with Crippen molar-refractivity contribution < 1.29 is 22.9 Å². The molecule has 1 heterocycles. The van der Waals surface area contributed by atoms with Crippen LogP contribution in [-0.2, 0) is 19.1 Å². The second-order valence-corrected chi connectivity index (χ2v) is 3.48. The Labute approximate surface area is 105 Å². The first-order chi connectivity index (χ1) is 8.20. The molecule has 88 valence electrons. The van der Waals surface area contributed by atoms with Gasteiger partial charge in [0, 0.05) is 12.2 Å². The van der Waals surface area contributed by atoms with E-state index in [1.54, 1.807) is 24.3 Å². The van der Waals surface area contributed by atoms with E-state index in [1.165, 1.54) is 0 Å². The molecule has 17 heavy (non-hydrogen) atoms. The summed E-state index contributed by atoms with van der Waals surface area (Å²) in [5.41, 5.74) is 0.440. The van der Waals surface area contributed by atoms with Gasteiger partial charge < -0.3 is 13.3 Å². The summed E-state index contributed by atoms with van der Waals surface area (Å²) in [5.74, 6) is -0.893. The third-order valence-electron chi connectivity index (χ3n) is 2.06. The number of carbonyl (C=O) groups is 2. The van der Waals surface area contributed by atoms with Crippen LogP contribution >= 0.6 is 16.3 Å². The van der Waals surface area contributed by atoms with E-state index in [9.17, 15) is 9.59 Å². The van der Waals surface area contributed by atoms with Crippen molar-refractivity contribution in [3.63, 3.8) is 0 Å². The lowest BCUT2D eigenvalue weighted by Gasteiger charge is -2.16. The number of halogens is 1. The maximum atomic E-state index is 11.2. The van der Waals surface area contributed by atoms with Crippen LogP contribution in [-0.4, -0.2) is 11.9 Å². The Bertz CT molecular complexity index is 463. The highest BCUT2D eigenvalue weighted by Gasteiger charge is 2.25. The van der Waals surface area contributed by atoms with Gasteiger partial charge in [0.15, 0.2) is 16.3 Å². The van der Waals surface area contributed by atoms with E-state index in [4.69, 9.17) is 13.3 Å². The van der Waals surface area contributed by atoms with E-state index >= 15 is 0 Å². The van der Waals surface area contributed by atoms with E-state index in [2.05, 4.69) is 16.3 Å². The Kier molecular flexibility index (Phi) is 3.43. The zero-order valence-electron chi connectivity index (χ0n) is 8.46. The van der Waals surface area contributed by atoms with Gasteiger partial charge in [0.05, 0.1) is 5.56 Å². The summed E-state index contributed by atoms with van der Waals surface area (Å²) in [6.07, 6.45) is 0.915. The first-order valence-corrected chi connectivity index (χ1v) is 5.32. The molecule has 1 aromatic carbocycles. The molecule has 0 bridgehead atoms. The maximum Gasteiger partial charge on any atom is 0.334 e. The molecule has 0 aromatic heterocycles. The fourth-order valence-electron chi connectivity index (χ4n) is 1.32. The summed E-state index contributed by atoms with van der Waals surface area (Å²) in [5, 5.41) is 0. The summed E-state index contributed by atoms with van der Waals surface area (Å²) < 4.78 is 14.8. The number of ether oxygens (including phenoxy) is 2. The molecule has 0 aliphatic carbocycles. The van der Waals surface area contributed by atoms with Crippen LogP contribution in [0.5, 0.6) is 5.75 Å². The topological polar surface area (TPSA) is 61.8 Å². The summed E-state index contributed by atoms with van der Waals surface area (Å²) in [6.45, 7) is 0. The molecular formula is C11H7BrO5. The molecule has 0 fully saturated rings. The zero-order chi connectivity index (χ0) is 12.3. The molecule has 0 unspecified atom stereocenters. The van der Waals surface area contributed by atoms with Gasteiger partial charge in [-0.05, 0) is 12.1 Å². The molecule has 1 aromatic rings. The van der Waals surface area contributed by atoms with Gasteiger partial charge in [-0.2, -0.15) is 0 Å². The standard InChI is InChI=1S/C11H7BrO5/c12-17-8-4-2-1-3-7(8)11-15-9(13)5-6-10(14)16-11/h1-6,11H. The van der Waals surface area contributed by atoms with Crippen LogP contribution in [0, 0.1) is 0 Å². The van der Waals surface area contributed by atoms with Crippen LogP contribution < -0.4 is 3.83 Å². The normalized spacial score (nSPS) is 16.1. The van der Waals surface area contributed by atoms with E-state index in [1.807, 2.05) is 0 Å². The summed E-state index contributed by atoms with van der Waals surface area (Å²) in [7, 11) is 0. The van der Waals surface area contributed by atoms with Crippen LogP contribution in [0.4, 0.5) is 0 Å². The molecule has 0 amide bonds. The lowest BCUT2D eigenvalue weighted by molar-refractivity contribution is -0.180. The molecule has 0 saturated carbocycles. The maximum absolute atomic E-state index is 11.2. The summed E-state index contributed by atoms with van der Waals surface area (Å²) >= 11 is 2.83. The fourth-order valence-corrected chi connectivity index (χ4v) is 1.62. The molecule has 1 aliphatic rings. The number of hydrogen-bond donors (Lipinski definition) is 0. The third kappa shape index (κ3) is 2.65.